The van der Waals surface area contributed by atoms with E-state index in [2.05, 4.69) is 14.7 Å². The molecular weight excluding hydrogens is 303 g/mol. The highest BCUT2D eigenvalue weighted by atomic mass is 32.1. The van der Waals surface area contributed by atoms with Crippen LogP contribution in [-0.2, 0) is 11.2 Å². The fourth-order valence-electron chi connectivity index (χ4n) is 1.91. The predicted octanol–water partition coefficient (Wildman–Crippen LogP) is 2.23. The molecule has 1 aromatic heterocycles. The number of nitrogens with zero attached hydrogens (tertiary/aromatic N) is 3. The largest absolute Gasteiger partial charge is 0.352 e. The van der Waals surface area contributed by atoms with Crippen LogP contribution >= 0.6 is 11.5 Å². The molecule has 0 spiro atoms. The lowest BCUT2D eigenvalue weighted by Crippen LogP contribution is -2.38. The van der Waals surface area contributed by atoms with Crippen LogP contribution in [0.2, 0.25) is 0 Å². The summed E-state index contributed by atoms with van der Waals surface area (Å²) in [6, 6.07) is 6.39. The van der Waals surface area contributed by atoms with Gasteiger partial charge >= 0.3 is 0 Å². The van der Waals surface area contributed by atoms with E-state index in [1.165, 1.54) is 23.7 Å². The number of carbonyl (C=O) groups is 1. The van der Waals surface area contributed by atoms with E-state index in [-0.39, 0.29) is 24.3 Å². The van der Waals surface area contributed by atoms with E-state index < -0.39 is 0 Å². The summed E-state index contributed by atoms with van der Waals surface area (Å²) in [6.07, 6.45) is 0.544. The normalized spacial score (nSPS) is 10.8. The molecule has 0 aliphatic rings. The summed E-state index contributed by atoms with van der Waals surface area (Å²) < 4.78 is 17.2. The lowest BCUT2D eigenvalue weighted by Gasteiger charge is -2.15. The molecule has 1 heterocycles. The van der Waals surface area contributed by atoms with Gasteiger partial charge in [-0.2, -0.15) is 4.37 Å². The summed E-state index contributed by atoms with van der Waals surface area (Å²) in [5.74, 6) is 0.363. The Morgan fingerprint density at radius 2 is 2.05 bits per heavy atom. The van der Waals surface area contributed by atoms with Crippen LogP contribution in [0, 0.1) is 5.82 Å². The number of aromatic nitrogens is 2. The molecule has 1 amide bonds. The van der Waals surface area contributed by atoms with Gasteiger partial charge in [0.15, 0.2) is 0 Å². The van der Waals surface area contributed by atoms with Crippen LogP contribution in [0.1, 0.15) is 25.2 Å². The smallest absolute Gasteiger partial charge is 0.239 e. The number of amides is 1. The molecule has 7 heteroatoms. The Morgan fingerprint density at radius 3 is 2.68 bits per heavy atom. The van der Waals surface area contributed by atoms with Crippen molar-refractivity contribution < 1.29 is 9.18 Å². The number of carbonyl (C=O) groups excluding carboxylic acids is 1. The molecule has 22 heavy (non-hydrogen) atoms. The van der Waals surface area contributed by atoms with Crippen LogP contribution in [-0.4, -0.2) is 34.9 Å². The highest BCUT2D eigenvalue weighted by Gasteiger charge is 2.13. The predicted molar refractivity (Wildman–Crippen MR) is 85.7 cm³/mol. The molecule has 0 radical (unpaired) electrons. The molecule has 0 saturated heterocycles. The number of rotatable bonds is 6. The second-order valence-corrected chi connectivity index (χ2v) is 6.10. The van der Waals surface area contributed by atoms with E-state index in [0.29, 0.717) is 17.4 Å². The summed E-state index contributed by atoms with van der Waals surface area (Å²) in [5, 5.41) is 3.53. The fraction of sp³-hybridized carbons (Fsp3) is 0.400. The van der Waals surface area contributed by atoms with Crippen LogP contribution < -0.4 is 10.2 Å². The lowest BCUT2D eigenvalue weighted by molar-refractivity contribution is -0.120. The van der Waals surface area contributed by atoms with Crippen molar-refractivity contribution in [1.29, 1.82) is 0 Å². The van der Waals surface area contributed by atoms with Gasteiger partial charge in [0.2, 0.25) is 11.0 Å². The minimum Gasteiger partial charge on any atom is -0.352 e. The molecule has 0 saturated carbocycles. The summed E-state index contributed by atoms with van der Waals surface area (Å²) in [7, 11) is 1.81. The van der Waals surface area contributed by atoms with Crippen LogP contribution in [0.3, 0.4) is 0 Å². The van der Waals surface area contributed by atoms with Gasteiger partial charge in [0.05, 0.1) is 6.54 Å². The topological polar surface area (TPSA) is 58.1 Å². The zero-order chi connectivity index (χ0) is 16.1. The fourth-order valence-corrected chi connectivity index (χ4v) is 2.55. The molecule has 118 valence electrons. The average molecular weight is 322 g/mol. The Hall–Kier alpha value is -2.02. The number of hydrogen-bond acceptors (Lipinski definition) is 5. The van der Waals surface area contributed by atoms with E-state index in [1.807, 2.05) is 20.9 Å². The first-order valence-corrected chi connectivity index (χ1v) is 7.79. The number of halogens is 1. The van der Waals surface area contributed by atoms with Gasteiger partial charge in [0, 0.05) is 31.0 Å². The van der Waals surface area contributed by atoms with Gasteiger partial charge in [0.25, 0.3) is 0 Å². The average Bonchev–Trinajstić information content (AvgIpc) is 2.89. The molecule has 0 unspecified atom stereocenters. The number of anilines is 1. The van der Waals surface area contributed by atoms with Crippen molar-refractivity contribution in [2.75, 3.05) is 18.5 Å². The second-order valence-electron chi connectivity index (χ2n) is 5.37. The summed E-state index contributed by atoms with van der Waals surface area (Å²) in [5.41, 5.74) is 0.950. The van der Waals surface area contributed by atoms with Crippen molar-refractivity contribution in [1.82, 2.24) is 14.7 Å². The highest BCUT2D eigenvalue weighted by Crippen LogP contribution is 2.17. The third-order valence-electron chi connectivity index (χ3n) is 2.89. The van der Waals surface area contributed by atoms with Crippen molar-refractivity contribution >= 4 is 22.6 Å². The molecule has 2 rings (SSSR count). The van der Waals surface area contributed by atoms with Crippen molar-refractivity contribution in [2.45, 2.75) is 26.3 Å². The molecule has 0 aliphatic carbocycles. The molecule has 0 atom stereocenters. The van der Waals surface area contributed by atoms with Gasteiger partial charge in [-0.3, -0.25) is 4.79 Å². The van der Waals surface area contributed by atoms with E-state index >= 15 is 0 Å². The highest BCUT2D eigenvalue weighted by molar-refractivity contribution is 7.09. The zero-order valence-electron chi connectivity index (χ0n) is 12.8. The monoisotopic (exact) mass is 322 g/mol. The zero-order valence-corrected chi connectivity index (χ0v) is 13.7. The van der Waals surface area contributed by atoms with E-state index in [4.69, 9.17) is 0 Å². The first-order valence-electron chi connectivity index (χ1n) is 7.01. The minimum atomic E-state index is -0.258. The summed E-state index contributed by atoms with van der Waals surface area (Å²) in [6.45, 7) is 4.08. The van der Waals surface area contributed by atoms with Crippen molar-refractivity contribution in [3.8, 4) is 0 Å². The van der Waals surface area contributed by atoms with Crippen LogP contribution in [0.15, 0.2) is 24.3 Å². The quantitative estimate of drug-likeness (QED) is 0.886. The van der Waals surface area contributed by atoms with E-state index in [0.717, 1.165) is 5.56 Å². The maximum atomic E-state index is 12.9. The summed E-state index contributed by atoms with van der Waals surface area (Å²) in [4.78, 5) is 17.9. The molecular formula is C15H19FN4OS. The van der Waals surface area contributed by atoms with Crippen molar-refractivity contribution in [3.63, 3.8) is 0 Å². The maximum absolute atomic E-state index is 12.9. The second kappa shape index (κ2) is 7.31. The third-order valence-corrected chi connectivity index (χ3v) is 3.76. The lowest BCUT2D eigenvalue weighted by atomic mass is 10.1. The Labute approximate surface area is 133 Å². The van der Waals surface area contributed by atoms with Crippen LogP contribution in [0.25, 0.3) is 0 Å². The molecule has 1 aromatic carbocycles. The molecule has 0 fully saturated rings. The Morgan fingerprint density at radius 1 is 1.36 bits per heavy atom. The molecule has 0 bridgehead atoms. The van der Waals surface area contributed by atoms with Gasteiger partial charge in [-0.05, 0) is 31.5 Å². The van der Waals surface area contributed by atoms with Gasteiger partial charge in [0.1, 0.15) is 11.6 Å². The first kappa shape index (κ1) is 16.4. The SMILES string of the molecule is CC(C)NC(=O)CN(C)c1nc(Cc2ccc(F)cc2)ns1. The van der Waals surface area contributed by atoms with Crippen LogP contribution in [0.5, 0.6) is 0 Å². The number of hydrogen-bond donors (Lipinski definition) is 1. The van der Waals surface area contributed by atoms with Gasteiger partial charge in [-0.15, -0.1) is 0 Å². The number of likely N-dealkylation sites (N-methyl/N-ethyl adjacent to an activating group) is 1. The number of benzene rings is 1. The standard InChI is InChI=1S/C15H19FN4OS/c1-10(2)17-14(21)9-20(3)15-18-13(19-22-15)8-11-4-6-12(16)7-5-11/h4-7,10H,8-9H2,1-3H3,(H,17,21). The van der Waals surface area contributed by atoms with Crippen molar-refractivity contribution in [3.05, 3.63) is 41.5 Å². The van der Waals surface area contributed by atoms with Crippen LogP contribution in [0.4, 0.5) is 9.52 Å². The van der Waals surface area contributed by atoms with Gasteiger partial charge in [-0.25, -0.2) is 9.37 Å². The van der Waals surface area contributed by atoms with Crippen molar-refractivity contribution in [2.24, 2.45) is 0 Å². The molecule has 5 nitrogen and oxygen atoms in total. The third kappa shape index (κ3) is 4.77. The van der Waals surface area contributed by atoms with Gasteiger partial charge < -0.3 is 10.2 Å². The minimum absolute atomic E-state index is 0.0483. The van der Waals surface area contributed by atoms with Gasteiger partial charge in [-0.1, -0.05) is 12.1 Å². The molecule has 0 aliphatic heterocycles. The molecule has 2 aromatic rings. The Kier molecular flexibility index (Phi) is 5.43. The summed E-state index contributed by atoms with van der Waals surface area (Å²) >= 11 is 1.25. The maximum Gasteiger partial charge on any atom is 0.239 e. The molecule has 1 N–H and O–H groups in total. The Balaban J connectivity index is 1.95. The van der Waals surface area contributed by atoms with E-state index in [1.54, 1.807) is 17.0 Å². The van der Waals surface area contributed by atoms with E-state index in [9.17, 15) is 9.18 Å². The first-order chi connectivity index (χ1) is 10.4. The number of nitrogens with one attached hydrogen (secondary N) is 1. The Bertz CT molecular complexity index is 627.